The normalized spacial score (nSPS) is 14.2. The zero-order chi connectivity index (χ0) is 23.1. The van der Waals surface area contributed by atoms with Crippen molar-refractivity contribution >= 4 is 36.5 Å². The fourth-order valence-electron chi connectivity index (χ4n) is 3.96. The van der Waals surface area contributed by atoms with Crippen molar-refractivity contribution in [3.05, 3.63) is 47.8 Å². The van der Waals surface area contributed by atoms with Gasteiger partial charge in [0.25, 0.3) is 0 Å². The number of carbonyl (C=O) groups excluding carboxylic acids is 1. The van der Waals surface area contributed by atoms with E-state index in [1.165, 1.54) is 11.3 Å². The summed E-state index contributed by atoms with van der Waals surface area (Å²) in [5.41, 5.74) is 3.94. The Balaban J connectivity index is 1.70. The first-order chi connectivity index (χ1) is 15.0. The summed E-state index contributed by atoms with van der Waals surface area (Å²) < 4.78 is 7.89. The number of Topliss-reactive ketones (excluding diaryl/α,β-unsaturated/α-hetero) is 1. The number of fused-ring (bicyclic) bond motifs is 2. The van der Waals surface area contributed by atoms with Crippen molar-refractivity contribution in [2.75, 3.05) is 18.1 Å². The van der Waals surface area contributed by atoms with Crippen LogP contribution < -0.4 is 4.90 Å². The Morgan fingerprint density at radius 2 is 1.94 bits per heavy atom. The first kappa shape index (κ1) is 22.7. The minimum Gasteiger partial charge on any atom is -0.361 e. The molecule has 6 nitrogen and oxygen atoms in total. The zero-order valence-electron chi connectivity index (χ0n) is 20.1. The van der Waals surface area contributed by atoms with Crippen LogP contribution in [0.2, 0.25) is 25.7 Å². The predicted octanol–water partition coefficient (Wildman–Crippen LogP) is 5.67. The van der Waals surface area contributed by atoms with Crippen LogP contribution in [0.15, 0.2) is 36.7 Å². The van der Waals surface area contributed by atoms with Gasteiger partial charge in [0.1, 0.15) is 12.2 Å². The van der Waals surface area contributed by atoms with Crippen LogP contribution in [0.3, 0.4) is 0 Å². The monoisotopic (exact) mass is 450 g/mol. The van der Waals surface area contributed by atoms with Crippen molar-refractivity contribution in [3.8, 4) is 0 Å². The molecule has 0 radical (unpaired) electrons. The molecule has 0 fully saturated rings. The molecule has 4 rings (SSSR count). The van der Waals surface area contributed by atoms with E-state index in [-0.39, 0.29) is 5.78 Å². The molecule has 2 aromatic heterocycles. The predicted molar refractivity (Wildman–Crippen MR) is 133 cm³/mol. The van der Waals surface area contributed by atoms with Crippen LogP contribution in [0, 0.1) is 5.41 Å². The number of benzene rings is 1. The summed E-state index contributed by atoms with van der Waals surface area (Å²) in [6, 6.07) is 9.49. The molecule has 0 saturated carbocycles. The molecule has 0 bridgehead atoms. The van der Waals surface area contributed by atoms with E-state index in [4.69, 9.17) is 14.7 Å². The van der Waals surface area contributed by atoms with Crippen LogP contribution in [0.25, 0.3) is 11.2 Å². The highest BCUT2D eigenvalue weighted by Crippen LogP contribution is 2.34. The molecule has 7 heteroatoms. The Morgan fingerprint density at radius 3 is 2.66 bits per heavy atom. The van der Waals surface area contributed by atoms with E-state index in [9.17, 15) is 4.79 Å². The van der Waals surface area contributed by atoms with Gasteiger partial charge in [-0.15, -0.1) is 0 Å². The molecule has 0 amide bonds. The molecule has 1 aliphatic rings. The molecule has 0 N–H and O–H groups in total. The smallest absolute Gasteiger partial charge is 0.171 e. The summed E-state index contributed by atoms with van der Waals surface area (Å²) in [6.07, 6.45) is 4.67. The van der Waals surface area contributed by atoms with Gasteiger partial charge in [0.2, 0.25) is 0 Å². The standard InChI is InChI=1S/C25H34N4O2Si/c1-25(2,3)23(30)19-16-28(17-31-13-14-32(4,5)6)24-22(19)27-21(15-26-24)29-12-11-18-9-7-8-10-20(18)29/h7-10,15-16H,11-14,17H2,1-6H3. The van der Waals surface area contributed by atoms with Crippen molar-refractivity contribution in [1.82, 2.24) is 14.5 Å². The van der Waals surface area contributed by atoms with Gasteiger partial charge in [-0.2, -0.15) is 0 Å². The Kier molecular flexibility index (Phi) is 5.98. The first-order valence-corrected chi connectivity index (χ1v) is 15.1. The van der Waals surface area contributed by atoms with E-state index < -0.39 is 13.5 Å². The van der Waals surface area contributed by atoms with Crippen LogP contribution in [0.4, 0.5) is 11.5 Å². The number of anilines is 2. The number of aromatic nitrogens is 3. The highest BCUT2D eigenvalue weighted by molar-refractivity contribution is 6.76. The lowest BCUT2D eigenvalue weighted by atomic mass is 9.87. The SMILES string of the molecule is CC(C)(C)C(=O)c1cn(COCC[Si](C)(C)C)c2ncc(N3CCc4ccccc43)nc12. The van der Waals surface area contributed by atoms with Gasteiger partial charge in [0.05, 0.1) is 11.8 Å². The minimum atomic E-state index is -1.16. The number of nitrogens with zero attached hydrogens (tertiary/aromatic N) is 4. The minimum absolute atomic E-state index is 0.0663. The van der Waals surface area contributed by atoms with Gasteiger partial charge in [-0.25, -0.2) is 9.97 Å². The molecular formula is C25H34N4O2Si. The van der Waals surface area contributed by atoms with Gasteiger partial charge in [0, 0.05) is 38.5 Å². The fraction of sp³-hybridized carbons (Fsp3) is 0.480. The van der Waals surface area contributed by atoms with E-state index in [0.29, 0.717) is 30.1 Å². The lowest BCUT2D eigenvalue weighted by molar-refractivity contribution is 0.0849. The van der Waals surface area contributed by atoms with E-state index in [1.54, 1.807) is 0 Å². The molecular weight excluding hydrogens is 416 g/mol. The summed E-state index contributed by atoms with van der Waals surface area (Å²) in [5, 5.41) is 0. The molecule has 0 spiro atoms. The maximum absolute atomic E-state index is 13.3. The quantitative estimate of drug-likeness (QED) is 0.264. The van der Waals surface area contributed by atoms with Crippen LogP contribution in [0.5, 0.6) is 0 Å². The first-order valence-electron chi connectivity index (χ1n) is 11.4. The van der Waals surface area contributed by atoms with Crippen LogP contribution in [-0.4, -0.2) is 41.5 Å². The zero-order valence-corrected chi connectivity index (χ0v) is 21.1. The molecule has 1 aromatic carbocycles. The molecule has 1 aliphatic heterocycles. The summed E-state index contributed by atoms with van der Waals surface area (Å²) in [6.45, 7) is 14.8. The van der Waals surface area contributed by atoms with Crippen LogP contribution >= 0.6 is 0 Å². The highest BCUT2D eigenvalue weighted by atomic mass is 28.3. The number of carbonyl (C=O) groups is 1. The van der Waals surface area contributed by atoms with E-state index in [0.717, 1.165) is 24.8 Å². The van der Waals surface area contributed by atoms with Crippen molar-refractivity contribution in [1.29, 1.82) is 0 Å². The molecule has 0 aliphatic carbocycles. The molecule has 170 valence electrons. The van der Waals surface area contributed by atoms with E-state index in [2.05, 4.69) is 42.7 Å². The maximum atomic E-state index is 13.3. The maximum Gasteiger partial charge on any atom is 0.171 e. The lowest BCUT2D eigenvalue weighted by Crippen LogP contribution is -2.22. The molecule has 3 aromatic rings. The third kappa shape index (κ3) is 4.64. The Morgan fingerprint density at radius 1 is 1.19 bits per heavy atom. The third-order valence-corrected chi connectivity index (χ3v) is 7.57. The van der Waals surface area contributed by atoms with Gasteiger partial charge < -0.3 is 14.2 Å². The molecule has 32 heavy (non-hydrogen) atoms. The number of rotatable bonds is 7. The summed E-state index contributed by atoms with van der Waals surface area (Å²) in [4.78, 5) is 25.1. The van der Waals surface area contributed by atoms with Crippen molar-refractivity contribution in [3.63, 3.8) is 0 Å². The molecule has 0 unspecified atom stereocenters. The van der Waals surface area contributed by atoms with Crippen molar-refractivity contribution < 1.29 is 9.53 Å². The molecule has 0 atom stereocenters. The second kappa shape index (κ2) is 8.44. The second-order valence-corrected chi connectivity index (χ2v) is 16.5. The van der Waals surface area contributed by atoms with E-state index >= 15 is 0 Å². The lowest BCUT2D eigenvalue weighted by Gasteiger charge is -2.19. The Bertz CT molecular complexity index is 1140. The van der Waals surface area contributed by atoms with Gasteiger partial charge in [-0.05, 0) is 24.1 Å². The molecule has 0 saturated heterocycles. The summed E-state index contributed by atoms with van der Waals surface area (Å²) >= 11 is 0. The van der Waals surface area contributed by atoms with E-state index in [1.807, 2.05) is 43.8 Å². The van der Waals surface area contributed by atoms with Crippen LogP contribution in [0.1, 0.15) is 36.7 Å². The third-order valence-electron chi connectivity index (χ3n) is 5.87. The largest absolute Gasteiger partial charge is 0.361 e. The average Bonchev–Trinajstić information content (AvgIpc) is 3.30. The van der Waals surface area contributed by atoms with Gasteiger partial charge in [0.15, 0.2) is 17.2 Å². The number of hydrogen-bond donors (Lipinski definition) is 0. The van der Waals surface area contributed by atoms with Gasteiger partial charge in [-0.3, -0.25) is 4.79 Å². The van der Waals surface area contributed by atoms with Gasteiger partial charge >= 0.3 is 0 Å². The fourth-order valence-corrected chi connectivity index (χ4v) is 4.72. The number of para-hydroxylation sites is 1. The number of ether oxygens (including phenoxy) is 1. The van der Waals surface area contributed by atoms with Gasteiger partial charge in [-0.1, -0.05) is 58.6 Å². The summed E-state index contributed by atoms with van der Waals surface area (Å²) in [5.74, 6) is 0.847. The summed E-state index contributed by atoms with van der Waals surface area (Å²) in [7, 11) is -1.16. The van der Waals surface area contributed by atoms with Crippen molar-refractivity contribution in [2.24, 2.45) is 5.41 Å². The Hall–Kier alpha value is -2.51. The highest BCUT2D eigenvalue weighted by Gasteiger charge is 2.29. The van der Waals surface area contributed by atoms with Crippen molar-refractivity contribution in [2.45, 2.75) is 59.6 Å². The number of ketones is 1. The Labute approximate surface area is 191 Å². The average molecular weight is 451 g/mol. The topological polar surface area (TPSA) is 60.3 Å². The number of hydrogen-bond acceptors (Lipinski definition) is 5. The second-order valence-electron chi connectivity index (χ2n) is 10.9. The molecule has 3 heterocycles. The van der Waals surface area contributed by atoms with Crippen LogP contribution in [-0.2, 0) is 17.9 Å².